The number of carbonyl (C=O) groups is 1. The predicted molar refractivity (Wildman–Crippen MR) is 79.5 cm³/mol. The average molecular weight is 302 g/mol. The summed E-state index contributed by atoms with van der Waals surface area (Å²) in [5.41, 5.74) is 0. The minimum Gasteiger partial charge on any atom is -0.481 e. The number of aliphatic carboxylic acids is 1. The predicted octanol–water partition coefficient (Wildman–Crippen LogP) is 3.50. The fraction of sp³-hybridized carbons (Fsp3) is 0.938. The second-order valence-electron chi connectivity index (χ2n) is 6.57. The van der Waals surface area contributed by atoms with Crippen LogP contribution in [0.25, 0.3) is 0 Å². The standard InChI is InChI=1S/C16H30O5/c1-4-13(10-12(2)15(17)18)11-16(3,19)21-20-14-8-6-5-7-9-14/h12-14,19H,4-11H2,1-3H3,(H,17,18). The van der Waals surface area contributed by atoms with Crippen molar-refractivity contribution in [3.8, 4) is 0 Å². The first-order chi connectivity index (χ1) is 9.84. The summed E-state index contributed by atoms with van der Waals surface area (Å²) < 4.78 is 0. The second kappa shape index (κ2) is 8.71. The van der Waals surface area contributed by atoms with Crippen LogP contribution in [0.15, 0.2) is 0 Å². The number of hydrogen-bond acceptors (Lipinski definition) is 4. The Morgan fingerprint density at radius 3 is 2.48 bits per heavy atom. The Balaban J connectivity index is 2.38. The highest BCUT2D eigenvalue weighted by atomic mass is 17.2. The molecule has 5 heteroatoms. The SMILES string of the molecule is CCC(CC(C)C(=O)O)CC(C)(O)OOC1CCCCC1. The third-order valence-corrected chi connectivity index (χ3v) is 4.27. The van der Waals surface area contributed by atoms with E-state index in [1.165, 1.54) is 6.42 Å². The van der Waals surface area contributed by atoms with Gasteiger partial charge in [0.25, 0.3) is 0 Å². The first-order valence-corrected chi connectivity index (χ1v) is 8.13. The van der Waals surface area contributed by atoms with Crippen LogP contribution in [0, 0.1) is 11.8 Å². The second-order valence-corrected chi connectivity index (χ2v) is 6.57. The molecule has 3 unspecified atom stereocenters. The highest BCUT2D eigenvalue weighted by molar-refractivity contribution is 5.69. The average Bonchev–Trinajstić information content (AvgIpc) is 2.45. The summed E-state index contributed by atoms with van der Waals surface area (Å²) in [6, 6.07) is 0. The van der Waals surface area contributed by atoms with Crippen molar-refractivity contribution >= 4 is 5.97 Å². The summed E-state index contributed by atoms with van der Waals surface area (Å²) in [4.78, 5) is 21.6. The zero-order valence-electron chi connectivity index (χ0n) is 13.5. The van der Waals surface area contributed by atoms with Crippen molar-refractivity contribution in [2.75, 3.05) is 0 Å². The van der Waals surface area contributed by atoms with Gasteiger partial charge in [-0.2, -0.15) is 0 Å². The number of carboxylic acids is 1. The van der Waals surface area contributed by atoms with Crippen LogP contribution in [0.4, 0.5) is 0 Å². The lowest BCUT2D eigenvalue weighted by Crippen LogP contribution is -2.34. The lowest BCUT2D eigenvalue weighted by molar-refractivity contribution is -0.437. The maximum absolute atomic E-state index is 10.9. The molecule has 0 heterocycles. The van der Waals surface area contributed by atoms with E-state index in [9.17, 15) is 9.90 Å². The monoisotopic (exact) mass is 302 g/mol. The smallest absolute Gasteiger partial charge is 0.306 e. The van der Waals surface area contributed by atoms with Crippen molar-refractivity contribution in [3.63, 3.8) is 0 Å². The van der Waals surface area contributed by atoms with Gasteiger partial charge in [0.2, 0.25) is 0 Å². The summed E-state index contributed by atoms with van der Waals surface area (Å²) in [6.07, 6.45) is 7.27. The van der Waals surface area contributed by atoms with E-state index in [2.05, 4.69) is 0 Å². The molecule has 124 valence electrons. The van der Waals surface area contributed by atoms with Gasteiger partial charge in [-0.05, 0) is 32.1 Å². The molecule has 3 atom stereocenters. The number of hydrogen-bond donors (Lipinski definition) is 2. The largest absolute Gasteiger partial charge is 0.481 e. The fourth-order valence-electron chi connectivity index (χ4n) is 2.90. The first kappa shape index (κ1) is 18.4. The van der Waals surface area contributed by atoms with Crippen LogP contribution in [0.1, 0.15) is 72.1 Å². The Morgan fingerprint density at radius 1 is 1.33 bits per heavy atom. The van der Waals surface area contributed by atoms with Crippen molar-refractivity contribution in [2.45, 2.75) is 84.0 Å². The zero-order valence-corrected chi connectivity index (χ0v) is 13.5. The van der Waals surface area contributed by atoms with Crippen LogP contribution in [0.3, 0.4) is 0 Å². The van der Waals surface area contributed by atoms with Crippen molar-refractivity contribution in [3.05, 3.63) is 0 Å². The molecule has 0 bridgehead atoms. The number of carboxylic acid groups (broad SMARTS) is 1. The first-order valence-electron chi connectivity index (χ1n) is 8.13. The molecular weight excluding hydrogens is 272 g/mol. The molecule has 1 aliphatic rings. The van der Waals surface area contributed by atoms with E-state index in [1.807, 2.05) is 6.92 Å². The topological polar surface area (TPSA) is 76.0 Å². The van der Waals surface area contributed by atoms with Gasteiger partial charge in [-0.15, -0.1) is 0 Å². The fourth-order valence-corrected chi connectivity index (χ4v) is 2.90. The van der Waals surface area contributed by atoms with E-state index < -0.39 is 17.7 Å². The Morgan fingerprint density at radius 2 is 1.95 bits per heavy atom. The lowest BCUT2D eigenvalue weighted by Gasteiger charge is -2.30. The van der Waals surface area contributed by atoms with E-state index >= 15 is 0 Å². The van der Waals surface area contributed by atoms with Crippen LogP contribution in [-0.2, 0) is 14.6 Å². The van der Waals surface area contributed by atoms with E-state index in [0.29, 0.717) is 12.8 Å². The van der Waals surface area contributed by atoms with Gasteiger partial charge in [-0.25, -0.2) is 9.78 Å². The van der Waals surface area contributed by atoms with Gasteiger partial charge in [0.05, 0.1) is 12.0 Å². The minimum atomic E-state index is -1.36. The van der Waals surface area contributed by atoms with Crippen LogP contribution in [0.5, 0.6) is 0 Å². The highest BCUT2D eigenvalue weighted by Crippen LogP contribution is 2.28. The van der Waals surface area contributed by atoms with E-state index in [0.717, 1.165) is 32.1 Å². The zero-order chi connectivity index (χ0) is 15.9. The van der Waals surface area contributed by atoms with Gasteiger partial charge >= 0.3 is 5.97 Å². The van der Waals surface area contributed by atoms with Gasteiger partial charge < -0.3 is 10.2 Å². The molecule has 0 aromatic rings. The minimum absolute atomic E-state index is 0.0724. The van der Waals surface area contributed by atoms with Gasteiger partial charge in [-0.3, -0.25) is 4.79 Å². The van der Waals surface area contributed by atoms with Crippen molar-refractivity contribution < 1.29 is 24.8 Å². The molecule has 1 fully saturated rings. The molecule has 1 aliphatic carbocycles. The summed E-state index contributed by atoms with van der Waals surface area (Å²) in [5.74, 6) is -2.48. The Labute approximate surface area is 127 Å². The van der Waals surface area contributed by atoms with Crippen LogP contribution in [0.2, 0.25) is 0 Å². The molecule has 0 aromatic carbocycles. The van der Waals surface area contributed by atoms with E-state index in [4.69, 9.17) is 14.9 Å². The third-order valence-electron chi connectivity index (χ3n) is 4.27. The Hall–Kier alpha value is -0.650. The number of rotatable bonds is 9. The van der Waals surface area contributed by atoms with Gasteiger partial charge in [-0.1, -0.05) is 39.5 Å². The molecule has 5 nitrogen and oxygen atoms in total. The molecule has 0 aromatic heterocycles. The van der Waals surface area contributed by atoms with Gasteiger partial charge in [0.15, 0.2) is 5.79 Å². The summed E-state index contributed by atoms with van der Waals surface area (Å²) in [7, 11) is 0. The van der Waals surface area contributed by atoms with E-state index in [1.54, 1.807) is 13.8 Å². The maximum atomic E-state index is 10.9. The van der Waals surface area contributed by atoms with Crippen LogP contribution in [-0.4, -0.2) is 28.1 Å². The normalized spacial score (nSPS) is 22.5. The van der Waals surface area contributed by atoms with E-state index in [-0.39, 0.29) is 12.0 Å². The van der Waals surface area contributed by atoms with Gasteiger partial charge in [0.1, 0.15) is 0 Å². The summed E-state index contributed by atoms with van der Waals surface area (Å²) >= 11 is 0. The highest BCUT2D eigenvalue weighted by Gasteiger charge is 2.30. The molecule has 1 saturated carbocycles. The van der Waals surface area contributed by atoms with Crippen LogP contribution < -0.4 is 0 Å². The van der Waals surface area contributed by atoms with Gasteiger partial charge in [0, 0.05) is 6.42 Å². The molecule has 0 saturated heterocycles. The van der Waals surface area contributed by atoms with Crippen molar-refractivity contribution in [1.29, 1.82) is 0 Å². The molecule has 0 amide bonds. The lowest BCUT2D eigenvalue weighted by atomic mass is 9.88. The molecule has 0 radical (unpaired) electrons. The maximum Gasteiger partial charge on any atom is 0.306 e. The van der Waals surface area contributed by atoms with Crippen molar-refractivity contribution in [2.24, 2.45) is 11.8 Å². The van der Waals surface area contributed by atoms with Crippen molar-refractivity contribution in [1.82, 2.24) is 0 Å². The molecule has 1 rings (SSSR count). The molecule has 0 spiro atoms. The Kier molecular flexibility index (Phi) is 7.63. The van der Waals surface area contributed by atoms with Crippen LogP contribution >= 0.6 is 0 Å². The number of aliphatic hydroxyl groups is 1. The quantitative estimate of drug-likeness (QED) is 0.387. The molecular formula is C16H30O5. The molecule has 0 aliphatic heterocycles. The summed E-state index contributed by atoms with van der Waals surface area (Å²) in [5, 5.41) is 19.3. The molecule has 2 N–H and O–H groups in total. The third kappa shape index (κ3) is 7.25. The summed E-state index contributed by atoms with van der Waals surface area (Å²) in [6.45, 7) is 5.28. The Bertz CT molecular complexity index is 310. The molecule has 21 heavy (non-hydrogen) atoms.